The number of hydrogen-bond acceptors (Lipinski definition) is 6. The lowest BCUT2D eigenvalue weighted by atomic mass is 9.65. The van der Waals surface area contributed by atoms with Gasteiger partial charge in [0, 0.05) is 35.8 Å². The fourth-order valence-corrected chi connectivity index (χ4v) is 5.86. The predicted molar refractivity (Wildman–Crippen MR) is 154 cm³/mol. The van der Waals surface area contributed by atoms with Crippen molar-refractivity contribution >= 4 is 23.6 Å². The molecule has 2 fully saturated rings. The molecule has 3 amide bonds. The number of nitrogens with zero attached hydrogens (tertiary/aromatic N) is 1. The van der Waals surface area contributed by atoms with E-state index in [4.69, 9.17) is 19.4 Å². The Morgan fingerprint density at radius 2 is 1.71 bits per heavy atom. The average Bonchev–Trinajstić information content (AvgIpc) is 3.38. The second kappa shape index (κ2) is 15.2. The van der Waals surface area contributed by atoms with E-state index < -0.39 is 29.8 Å². The number of carbonyl (C=O) groups is 3. The highest BCUT2D eigenvalue weighted by Crippen LogP contribution is 2.50. The maximum atomic E-state index is 13.6. The summed E-state index contributed by atoms with van der Waals surface area (Å²) in [4.78, 5) is 36.8. The molecule has 0 radical (unpaired) electrons. The molecule has 1 saturated carbocycles. The van der Waals surface area contributed by atoms with Crippen molar-refractivity contribution in [3.05, 3.63) is 53.6 Å². The van der Waals surface area contributed by atoms with E-state index in [1.807, 2.05) is 23.1 Å². The number of amides is 3. The molecule has 1 aliphatic carbocycles. The molecule has 3 atom stereocenters. The summed E-state index contributed by atoms with van der Waals surface area (Å²) in [5.41, 5.74) is 0.965. The van der Waals surface area contributed by atoms with E-state index in [9.17, 15) is 31.5 Å². The summed E-state index contributed by atoms with van der Waals surface area (Å²) >= 11 is 0. The number of carboxylic acid groups (broad SMARTS) is 1. The molecule has 0 aromatic heterocycles. The van der Waals surface area contributed by atoms with Gasteiger partial charge >= 0.3 is 18.2 Å². The summed E-state index contributed by atoms with van der Waals surface area (Å²) in [7, 11) is 3.20. The molecule has 4 N–H and O–H groups in total. The van der Waals surface area contributed by atoms with Crippen molar-refractivity contribution in [1.29, 1.82) is 0 Å². The lowest BCUT2D eigenvalue weighted by Gasteiger charge is -2.45. The minimum atomic E-state index is -5.08. The number of carbonyl (C=O) groups excluding carboxylic acids is 2. The molecule has 2 aliphatic rings. The summed E-state index contributed by atoms with van der Waals surface area (Å²) in [6, 6.07) is 8.33. The number of anilines is 1. The first kappa shape index (κ1) is 35.3. The van der Waals surface area contributed by atoms with E-state index in [1.165, 1.54) is 6.07 Å². The SMILES string of the molecule is CCCNCC(=O)N1CC[C@]2(c3ccc(OC)c(OC)c3)CC[C@@H](NC(=O)Nc3ccc(F)c(F)c3)C[C@H]12.O=C(O)C(F)(F)F. The van der Waals surface area contributed by atoms with E-state index in [0.717, 1.165) is 43.5 Å². The Labute approximate surface area is 257 Å². The van der Waals surface area contributed by atoms with Crippen LogP contribution >= 0.6 is 0 Å². The van der Waals surface area contributed by atoms with Gasteiger partial charge in [-0.2, -0.15) is 13.2 Å². The number of nitrogens with one attached hydrogen (secondary N) is 3. The molecule has 0 spiro atoms. The Hall–Kier alpha value is -4.14. The Bertz CT molecular complexity index is 1360. The molecular formula is C30H37F5N4O6. The largest absolute Gasteiger partial charge is 0.493 e. The zero-order valence-corrected chi connectivity index (χ0v) is 25.1. The maximum absolute atomic E-state index is 13.6. The van der Waals surface area contributed by atoms with Crippen LogP contribution in [0.2, 0.25) is 0 Å². The van der Waals surface area contributed by atoms with Crippen molar-refractivity contribution in [3.63, 3.8) is 0 Å². The normalized spacial score (nSPS) is 20.8. The minimum Gasteiger partial charge on any atom is -0.493 e. The van der Waals surface area contributed by atoms with Gasteiger partial charge in [0.15, 0.2) is 23.1 Å². The summed E-state index contributed by atoms with van der Waals surface area (Å²) in [6.07, 6.45) is -1.31. The number of rotatable bonds is 9. The zero-order chi connectivity index (χ0) is 33.4. The molecule has 10 nitrogen and oxygen atoms in total. The molecule has 45 heavy (non-hydrogen) atoms. The van der Waals surface area contributed by atoms with Gasteiger partial charge in [0.25, 0.3) is 0 Å². The molecule has 0 bridgehead atoms. The van der Waals surface area contributed by atoms with E-state index in [0.29, 0.717) is 30.9 Å². The third-order valence-corrected chi connectivity index (χ3v) is 8.00. The van der Waals surface area contributed by atoms with Crippen LogP contribution in [0.25, 0.3) is 0 Å². The molecule has 248 valence electrons. The van der Waals surface area contributed by atoms with E-state index in [-0.39, 0.29) is 35.6 Å². The van der Waals surface area contributed by atoms with Crippen molar-refractivity contribution in [1.82, 2.24) is 15.5 Å². The van der Waals surface area contributed by atoms with Crippen LogP contribution in [0.5, 0.6) is 11.5 Å². The lowest BCUT2D eigenvalue weighted by molar-refractivity contribution is -0.192. The number of methoxy groups -OCH3 is 2. The maximum Gasteiger partial charge on any atom is 0.490 e. The van der Waals surface area contributed by atoms with Gasteiger partial charge in [-0.05, 0) is 68.5 Å². The van der Waals surface area contributed by atoms with Crippen molar-refractivity contribution < 1.29 is 50.9 Å². The van der Waals surface area contributed by atoms with Gasteiger partial charge in [0.2, 0.25) is 5.91 Å². The van der Waals surface area contributed by atoms with Crippen LogP contribution in [-0.2, 0) is 15.0 Å². The smallest absolute Gasteiger partial charge is 0.490 e. The van der Waals surface area contributed by atoms with E-state index >= 15 is 0 Å². The third-order valence-electron chi connectivity index (χ3n) is 8.00. The molecule has 1 aliphatic heterocycles. The van der Waals surface area contributed by atoms with Gasteiger partial charge in [-0.3, -0.25) is 4.79 Å². The van der Waals surface area contributed by atoms with Crippen molar-refractivity contribution in [3.8, 4) is 11.5 Å². The van der Waals surface area contributed by atoms with Crippen LogP contribution in [0.15, 0.2) is 36.4 Å². The average molecular weight is 645 g/mol. The van der Waals surface area contributed by atoms with Crippen LogP contribution < -0.4 is 25.4 Å². The monoisotopic (exact) mass is 644 g/mol. The molecule has 2 aromatic rings. The number of hydrogen-bond donors (Lipinski definition) is 4. The molecule has 1 saturated heterocycles. The van der Waals surface area contributed by atoms with Crippen molar-refractivity contribution in [2.45, 2.75) is 62.7 Å². The van der Waals surface area contributed by atoms with Gasteiger partial charge in [-0.15, -0.1) is 0 Å². The van der Waals surface area contributed by atoms with Crippen LogP contribution in [0.3, 0.4) is 0 Å². The highest BCUT2D eigenvalue weighted by molar-refractivity contribution is 5.89. The summed E-state index contributed by atoms with van der Waals surface area (Å²) in [5, 5.41) is 15.9. The summed E-state index contributed by atoms with van der Waals surface area (Å²) in [5.74, 6) is -3.45. The second-order valence-corrected chi connectivity index (χ2v) is 10.8. The van der Waals surface area contributed by atoms with E-state index in [2.05, 4.69) is 22.9 Å². The number of aliphatic carboxylic acids is 1. The van der Waals surface area contributed by atoms with Gasteiger partial charge < -0.3 is 35.4 Å². The Kier molecular flexibility index (Phi) is 12.0. The number of alkyl halides is 3. The highest BCUT2D eigenvalue weighted by atomic mass is 19.4. The fraction of sp³-hybridized carbons (Fsp3) is 0.500. The zero-order valence-electron chi connectivity index (χ0n) is 25.1. The number of fused-ring (bicyclic) bond motifs is 1. The number of likely N-dealkylation sites (tertiary alicyclic amines) is 1. The Morgan fingerprint density at radius 3 is 2.31 bits per heavy atom. The fourth-order valence-electron chi connectivity index (χ4n) is 5.86. The first-order valence-electron chi connectivity index (χ1n) is 14.3. The highest BCUT2D eigenvalue weighted by Gasteiger charge is 2.53. The van der Waals surface area contributed by atoms with Crippen LogP contribution in [0, 0.1) is 11.6 Å². The number of benzene rings is 2. The Balaban J connectivity index is 0.000000707. The summed E-state index contributed by atoms with van der Waals surface area (Å²) < 4.78 is 69.5. The standard InChI is InChI=1S/C28H36F2N4O4.C2HF3O2/c1-4-12-31-17-26(35)34-13-11-28(18-5-8-23(37-2)24(14-18)38-3)10-9-20(16-25(28)34)33-27(36)32-19-6-7-21(29)22(30)15-19;3-2(4,5)1(6)7/h5-8,14-15,20,25,31H,4,9-13,16-17H2,1-3H3,(H2,32,33,36);(H,6,7)/t20-,25+,28+;/m1./s1. The quantitative estimate of drug-likeness (QED) is 0.228. The lowest BCUT2D eigenvalue weighted by Crippen LogP contribution is -2.55. The number of carboxylic acids is 1. The molecule has 4 rings (SSSR count). The minimum absolute atomic E-state index is 0.0395. The van der Waals surface area contributed by atoms with Crippen molar-refractivity contribution in [2.75, 3.05) is 39.2 Å². The third kappa shape index (κ3) is 8.74. The van der Waals surface area contributed by atoms with Crippen molar-refractivity contribution in [2.24, 2.45) is 0 Å². The molecule has 2 aromatic carbocycles. The van der Waals surface area contributed by atoms with Gasteiger partial charge in [-0.1, -0.05) is 13.0 Å². The number of halogens is 5. The molecule has 0 unspecified atom stereocenters. The molecule has 1 heterocycles. The topological polar surface area (TPSA) is 129 Å². The first-order valence-corrected chi connectivity index (χ1v) is 14.3. The first-order chi connectivity index (χ1) is 21.2. The van der Waals surface area contributed by atoms with Gasteiger partial charge in [0.05, 0.1) is 20.8 Å². The van der Waals surface area contributed by atoms with Crippen LogP contribution in [-0.4, -0.2) is 80.0 Å². The van der Waals surface area contributed by atoms with E-state index in [1.54, 1.807) is 14.2 Å². The second-order valence-electron chi connectivity index (χ2n) is 10.8. The van der Waals surface area contributed by atoms with Gasteiger partial charge in [0.1, 0.15) is 0 Å². The molecular weight excluding hydrogens is 607 g/mol. The number of ether oxygens (including phenoxy) is 2. The van der Waals surface area contributed by atoms with Crippen LogP contribution in [0.1, 0.15) is 44.6 Å². The Morgan fingerprint density at radius 1 is 1.02 bits per heavy atom. The van der Waals surface area contributed by atoms with Gasteiger partial charge in [-0.25, -0.2) is 18.4 Å². The number of urea groups is 1. The van der Waals surface area contributed by atoms with Crippen LogP contribution in [0.4, 0.5) is 32.4 Å². The predicted octanol–water partition coefficient (Wildman–Crippen LogP) is 4.83. The molecule has 15 heteroatoms. The summed E-state index contributed by atoms with van der Waals surface area (Å²) in [6.45, 7) is 3.71.